The van der Waals surface area contributed by atoms with Crippen LogP contribution < -0.4 is 15.5 Å². The number of amides is 3. The second-order valence-corrected chi connectivity index (χ2v) is 9.33. The maximum absolute atomic E-state index is 14.1. The number of likely N-dealkylation sites (tertiary alicyclic amines) is 1. The summed E-state index contributed by atoms with van der Waals surface area (Å²) in [6.07, 6.45) is -0.00988. The van der Waals surface area contributed by atoms with Crippen LogP contribution in [0, 0.1) is 0 Å². The van der Waals surface area contributed by atoms with Crippen molar-refractivity contribution in [2.75, 3.05) is 11.9 Å². The van der Waals surface area contributed by atoms with E-state index in [9.17, 15) is 19.5 Å². The highest BCUT2D eigenvalue weighted by Gasteiger charge is 2.54. The second kappa shape index (κ2) is 10.8. The third-order valence-corrected chi connectivity index (χ3v) is 6.86. The number of hydroxylamine groups is 1. The fourth-order valence-corrected chi connectivity index (χ4v) is 5.05. The molecule has 0 unspecified atom stereocenters. The molecular weight excluding hydrogens is 500 g/mol. The molecule has 0 spiro atoms. The van der Waals surface area contributed by atoms with Gasteiger partial charge < -0.3 is 15.2 Å². The molecule has 1 aliphatic heterocycles. The van der Waals surface area contributed by atoms with Gasteiger partial charge >= 0.3 is 6.09 Å². The molecule has 0 saturated carbocycles. The first-order chi connectivity index (χ1) is 18.9. The van der Waals surface area contributed by atoms with Crippen LogP contribution in [-0.2, 0) is 11.2 Å². The molecule has 4 N–H and O–H groups in total. The van der Waals surface area contributed by atoms with E-state index in [2.05, 4.69) is 10.3 Å². The summed E-state index contributed by atoms with van der Waals surface area (Å²) in [5.74, 6) is -0.747. The molecule has 1 aromatic heterocycles. The number of hydrogen-bond acceptors (Lipinski definition) is 6. The summed E-state index contributed by atoms with van der Waals surface area (Å²) in [6, 6.07) is 24.4. The average Bonchev–Trinajstić information content (AvgIpc) is 3.33. The standard InChI is InChI=1S/C29H26N4O6/c34-26(32-38)21-11-13-22(14-12-21)39-23-17-29(33(18-23)28(36)37,16-19-6-2-1-3-7-19)27(35)31-24-10-4-8-20-9-5-15-30-25(20)24/h1-15,23,38H,16-18H2,(H,31,35)(H,32,34)(H,36,37)/t23-,29-/m0/s1. The van der Waals surface area contributed by atoms with Crippen molar-refractivity contribution in [2.45, 2.75) is 24.5 Å². The van der Waals surface area contributed by atoms with Crippen molar-refractivity contribution in [3.8, 4) is 5.75 Å². The Morgan fingerprint density at radius 2 is 1.72 bits per heavy atom. The minimum absolute atomic E-state index is 0.0394. The van der Waals surface area contributed by atoms with Crippen LogP contribution in [0.25, 0.3) is 10.9 Å². The van der Waals surface area contributed by atoms with Crippen LogP contribution in [-0.4, -0.2) is 56.3 Å². The maximum Gasteiger partial charge on any atom is 0.408 e. The van der Waals surface area contributed by atoms with Crippen molar-refractivity contribution >= 4 is 34.5 Å². The number of carbonyl (C=O) groups is 3. The molecule has 2 atom stereocenters. The third-order valence-electron chi connectivity index (χ3n) is 6.86. The van der Waals surface area contributed by atoms with Gasteiger partial charge in [0.2, 0.25) is 0 Å². The summed E-state index contributed by atoms with van der Waals surface area (Å²) in [7, 11) is 0. The SMILES string of the molecule is O=C(NO)c1ccc(O[C@@H]2CN(C(=O)O)[C@](Cc3ccccc3)(C(=O)Nc3cccc4cccnc34)C2)cc1. The molecule has 1 aliphatic rings. The molecule has 2 heterocycles. The second-order valence-electron chi connectivity index (χ2n) is 9.33. The minimum Gasteiger partial charge on any atom is -0.488 e. The number of fused-ring (bicyclic) bond motifs is 1. The van der Waals surface area contributed by atoms with Crippen LogP contribution in [0.2, 0.25) is 0 Å². The average molecular weight is 527 g/mol. The number of aromatic nitrogens is 1. The lowest BCUT2D eigenvalue weighted by atomic mass is 9.86. The van der Waals surface area contributed by atoms with E-state index in [1.54, 1.807) is 42.0 Å². The summed E-state index contributed by atoms with van der Waals surface area (Å²) in [5.41, 5.74) is 2.21. The number of ether oxygens (including phenoxy) is 1. The fourth-order valence-electron chi connectivity index (χ4n) is 5.05. The number of para-hydroxylation sites is 1. The Kier molecular flexibility index (Phi) is 7.11. The summed E-state index contributed by atoms with van der Waals surface area (Å²) >= 11 is 0. The zero-order chi connectivity index (χ0) is 27.4. The molecule has 1 saturated heterocycles. The summed E-state index contributed by atoms with van der Waals surface area (Å²) < 4.78 is 6.10. The predicted octanol–water partition coefficient (Wildman–Crippen LogP) is 4.11. The molecule has 0 radical (unpaired) electrons. The van der Waals surface area contributed by atoms with Gasteiger partial charge in [0.25, 0.3) is 11.8 Å². The van der Waals surface area contributed by atoms with Gasteiger partial charge in [-0.1, -0.05) is 48.5 Å². The molecule has 10 nitrogen and oxygen atoms in total. The van der Waals surface area contributed by atoms with Gasteiger partial charge in [-0.3, -0.25) is 24.7 Å². The molecule has 0 bridgehead atoms. The van der Waals surface area contributed by atoms with Gasteiger partial charge in [-0.05, 0) is 42.0 Å². The van der Waals surface area contributed by atoms with Gasteiger partial charge in [0.1, 0.15) is 17.4 Å². The number of rotatable bonds is 7. The summed E-state index contributed by atoms with van der Waals surface area (Å²) in [5, 5.41) is 22.9. The van der Waals surface area contributed by atoms with Crippen molar-refractivity contribution in [3.63, 3.8) is 0 Å². The quantitative estimate of drug-likeness (QED) is 0.210. The highest BCUT2D eigenvalue weighted by atomic mass is 16.5. The maximum atomic E-state index is 14.1. The van der Waals surface area contributed by atoms with Crippen LogP contribution in [0.3, 0.4) is 0 Å². The first-order valence-corrected chi connectivity index (χ1v) is 12.3. The van der Waals surface area contributed by atoms with Gasteiger partial charge in [0.05, 0.1) is 17.7 Å². The first kappa shape index (κ1) is 25.7. The van der Waals surface area contributed by atoms with Crippen LogP contribution in [0.5, 0.6) is 5.75 Å². The van der Waals surface area contributed by atoms with Gasteiger partial charge in [-0.2, -0.15) is 0 Å². The lowest BCUT2D eigenvalue weighted by Gasteiger charge is -2.35. The van der Waals surface area contributed by atoms with Crippen molar-refractivity contribution < 1.29 is 29.4 Å². The van der Waals surface area contributed by atoms with E-state index in [0.29, 0.717) is 17.0 Å². The minimum atomic E-state index is -1.47. The Morgan fingerprint density at radius 1 is 0.974 bits per heavy atom. The van der Waals surface area contributed by atoms with E-state index < -0.39 is 29.6 Å². The van der Waals surface area contributed by atoms with E-state index in [-0.39, 0.29) is 24.9 Å². The molecule has 198 valence electrons. The molecule has 39 heavy (non-hydrogen) atoms. The fraction of sp³-hybridized carbons (Fsp3) is 0.172. The number of hydrogen-bond donors (Lipinski definition) is 4. The lowest BCUT2D eigenvalue weighted by Crippen LogP contribution is -2.56. The van der Waals surface area contributed by atoms with E-state index in [1.165, 1.54) is 12.1 Å². The molecule has 3 amide bonds. The van der Waals surface area contributed by atoms with Crippen LogP contribution >= 0.6 is 0 Å². The highest BCUT2D eigenvalue weighted by Crippen LogP contribution is 2.37. The monoisotopic (exact) mass is 526 g/mol. The van der Waals surface area contributed by atoms with Crippen LogP contribution in [0.1, 0.15) is 22.3 Å². The molecule has 5 rings (SSSR count). The van der Waals surface area contributed by atoms with E-state index in [4.69, 9.17) is 9.94 Å². The van der Waals surface area contributed by atoms with E-state index >= 15 is 0 Å². The Hall–Kier alpha value is -4.96. The topological polar surface area (TPSA) is 141 Å². The molecule has 0 aliphatic carbocycles. The number of benzene rings is 3. The van der Waals surface area contributed by atoms with Gasteiger partial charge in [-0.15, -0.1) is 0 Å². The number of anilines is 1. The van der Waals surface area contributed by atoms with Crippen LogP contribution in [0.15, 0.2) is 91.1 Å². The molecule has 1 fully saturated rings. The first-order valence-electron chi connectivity index (χ1n) is 12.3. The van der Waals surface area contributed by atoms with Crippen molar-refractivity contribution in [3.05, 3.63) is 102 Å². The van der Waals surface area contributed by atoms with Gasteiger partial charge in [0.15, 0.2) is 0 Å². The summed E-state index contributed by atoms with van der Waals surface area (Å²) in [6.45, 7) is -0.0394. The third kappa shape index (κ3) is 5.23. The van der Waals surface area contributed by atoms with E-state index in [0.717, 1.165) is 15.8 Å². The highest BCUT2D eigenvalue weighted by molar-refractivity contribution is 6.05. The zero-order valence-corrected chi connectivity index (χ0v) is 20.8. The number of nitrogens with zero attached hydrogens (tertiary/aromatic N) is 2. The smallest absolute Gasteiger partial charge is 0.408 e. The van der Waals surface area contributed by atoms with E-state index in [1.807, 2.05) is 42.5 Å². The molecular formula is C29H26N4O6. The molecule has 10 heteroatoms. The Balaban J connectivity index is 1.48. The van der Waals surface area contributed by atoms with Gasteiger partial charge in [0, 0.05) is 30.0 Å². The normalized spacial score (nSPS) is 18.5. The Labute approximate surface area is 223 Å². The van der Waals surface area contributed by atoms with Crippen molar-refractivity contribution in [2.24, 2.45) is 0 Å². The zero-order valence-electron chi connectivity index (χ0n) is 20.8. The Bertz CT molecular complexity index is 1510. The van der Waals surface area contributed by atoms with Crippen molar-refractivity contribution in [1.29, 1.82) is 0 Å². The van der Waals surface area contributed by atoms with Crippen molar-refractivity contribution in [1.82, 2.24) is 15.4 Å². The summed E-state index contributed by atoms with van der Waals surface area (Å²) in [4.78, 5) is 43.8. The lowest BCUT2D eigenvalue weighted by molar-refractivity contribution is -0.125. The molecule has 4 aromatic rings. The number of carbonyl (C=O) groups excluding carboxylic acids is 2. The number of nitrogens with one attached hydrogen (secondary N) is 2. The largest absolute Gasteiger partial charge is 0.488 e. The molecule has 3 aromatic carbocycles. The Morgan fingerprint density at radius 3 is 2.44 bits per heavy atom. The number of carboxylic acid groups (broad SMARTS) is 1. The predicted molar refractivity (Wildman–Crippen MR) is 143 cm³/mol. The van der Waals surface area contributed by atoms with Gasteiger partial charge in [-0.25, -0.2) is 10.3 Å². The number of pyridine rings is 1. The van der Waals surface area contributed by atoms with Crippen LogP contribution in [0.4, 0.5) is 10.5 Å².